The van der Waals surface area contributed by atoms with Gasteiger partial charge in [-0.1, -0.05) is 0 Å². The van der Waals surface area contributed by atoms with Crippen molar-refractivity contribution in [3.8, 4) is 0 Å². The van der Waals surface area contributed by atoms with Gasteiger partial charge in [0.05, 0.1) is 5.41 Å². The quantitative estimate of drug-likeness (QED) is 0.733. The summed E-state index contributed by atoms with van der Waals surface area (Å²) in [6, 6.07) is 0.454. The van der Waals surface area contributed by atoms with Gasteiger partial charge in [0.2, 0.25) is 5.91 Å². The Kier molecular flexibility index (Phi) is 2.13. The molecule has 0 aromatic rings. The topological polar surface area (TPSA) is 46.3 Å². The third kappa shape index (κ3) is 1.33. The molecule has 2 aliphatic carbocycles. The summed E-state index contributed by atoms with van der Waals surface area (Å²) in [4.78, 5) is 14.8. The number of carbonyl (C=O) groups is 1. The van der Waals surface area contributed by atoms with E-state index in [4.69, 9.17) is 5.73 Å². The molecule has 2 bridgehead atoms. The van der Waals surface area contributed by atoms with E-state index in [9.17, 15) is 4.79 Å². The number of likely N-dealkylation sites (tertiary alicyclic amines) is 1. The molecular weight excluding hydrogens is 200 g/mol. The lowest BCUT2D eigenvalue weighted by Gasteiger charge is -2.32. The van der Waals surface area contributed by atoms with Crippen molar-refractivity contribution < 1.29 is 4.79 Å². The van der Waals surface area contributed by atoms with E-state index in [-0.39, 0.29) is 11.0 Å². The van der Waals surface area contributed by atoms with Gasteiger partial charge < -0.3 is 10.6 Å². The molecular formula is C13H22N2O. The Labute approximate surface area is 97.4 Å². The summed E-state index contributed by atoms with van der Waals surface area (Å²) in [5.41, 5.74) is 6.22. The van der Waals surface area contributed by atoms with Crippen molar-refractivity contribution in [1.29, 1.82) is 0 Å². The Morgan fingerprint density at radius 1 is 1.31 bits per heavy atom. The number of nitrogens with zero attached hydrogens (tertiary/aromatic N) is 1. The zero-order chi connectivity index (χ0) is 11.4. The minimum atomic E-state index is -0.0622. The first-order valence-corrected chi connectivity index (χ1v) is 6.65. The Bertz CT molecular complexity index is 318. The summed E-state index contributed by atoms with van der Waals surface area (Å²) in [7, 11) is 0. The molecule has 3 aliphatic rings. The first-order chi connectivity index (χ1) is 7.55. The van der Waals surface area contributed by atoms with Gasteiger partial charge in [0.15, 0.2) is 0 Å². The summed E-state index contributed by atoms with van der Waals surface area (Å²) in [6.07, 6.45) is 7.48. The van der Waals surface area contributed by atoms with Crippen LogP contribution in [-0.2, 0) is 4.79 Å². The molecule has 3 heteroatoms. The molecule has 3 fully saturated rings. The number of rotatable bonds is 1. The van der Waals surface area contributed by atoms with Crippen LogP contribution in [0.15, 0.2) is 0 Å². The SMILES string of the molecule is C[C@H]1CCCN1C(=O)C12CCC(N)(CC1)C2. The number of fused-ring (bicyclic) bond motifs is 2. The van der Waals surface area contributed by atoms with E-state index in [0.717, 1.165) is 38.6 Å². The highest BCUT2D eigenvalue weighted by Gasteiger charge is 2.57. The van der Waals surface area contributed by atoms with Gasteiger partial charge in [-0.2, -0.15) is 0 Å². The number of hydrogen-bond acceptors (Lipinski definition) is 2. The van der Waals surface area contributed by atoms with E-state index in [0.29, 0.717) is 11.9 Å². The molecule has 0 aromatic carbocycles. The first kappa shape index (κ1) is 10.6. The standard InChI is InChI=1S/C13H22N2O/c1-10-3-2-8-15(10)11(16)12-4-6-13(14,9-12)7-5-12/h10H,2-9,14H2,1H3/t10-,12?,13?/m0/s1. The van der Waals surface area contributed by atoms with E-state index < -0.39 is 0 Å². The van der Waals surface area contributed by atoms with Crippen molar-refractivity contribution in [1.82, 2.24) is 4.90 Å². The monoisotopic (exact) mass is 222 g/mol. The largest absolute Gasteiger partial charge is 0.340 e. The molecule has 0 unspecified atom stereocenters. The van der Waals surface area contributed by atoms with Crippen LogP contribution in [0.4, 0.5) is 0 Å². The molecule has 1 heterocycles. The third-order valence-corrected chi connectivity index (χ3v) is 5.16. The van der Waals surface area contributed by atoms with Gasteiger partial charge >= 0.3 is 0 Å². The Hall–Kier alpha value is -0.570. The molecule has 1 aliphatic heterocycles. The number of amides is 1. The second-order valence-electron chi connectivity index (χ2n) is 6.31. The zero-order valence-corrected chi connectivity index (χ0v) is 10.2. The summed E-state index contributed by atoms with van der Waals surface area (Å²) in [6.45, 7) is 3.15. The molecule has 1 saturated heterocycles. The number of hydrogen-bond donors (Lipinski definition) is 1. The highest BCUT2D eigenvalue weighted by molar-refractivity contribution is 5.84. The average Bonchev–Trinajstić information content (AvgIpc) is 2.90. The number of carbonyl (C=O) groups excluding carboxylic acids is 1. The van der Waals surface area contributed by atoms with Crippen molar-refractivity contribution in [3.63, 3.8) is 0 Å². The minimum absolute atomic E-state index is 0.00137. The second kappa shape index (κ2) is 3.22. The lowest BCUT2D eigenvalue weighted by atomic mass is 9.82. The molecule has 1 atom stereocenters. The van der Waals surface area contributed by atoms with Crippen LogP contribution in [0.3, 0.4) is 0 Å². The van der Waals surface area contributed by atoms with Crippen LogP contribution in [0.2, 0.25) is 0 Å². The summed E-state index contributed by atoms with van der Waals surface area (Å²) in [5.74, 6) is 0.419. The van der Waals surface area contributed by atoms with E-state index in [2.05, 4.69) is 11.8 Å². The van der Waals surface area contributed by atoms with Crippen molar-refractivity contribution in [2.24, 2.45) is 11.1 Å². The minimum Gasteiger partial charge on any atom is -0.340 e. The van der Waals surface area contributed by atoms with Crippen molar-refractivity contribution in [2.45, 2.75) is 63.5 Å². The molecule has 1 amide bonds. The van der Waals surface area contributed by atoms with E-state index >= 15 is 0 Å². The Morgan fingerprint density at radius 2 is 2.00 bits per heavy atom. The highest BCUT2D eigenvalue weighted by atomic mass is 16.2. The second-order valence-corrected chi connectivity index (χ2v) is 6.31. The molecule has 2 N–H and O–H groups in total. The molecule has 0 aromatic heterocycles. The van der Waals surface area contributed by atoms with Gasteiger partial charge in [-0.3, -0.25) is 4.79 Å². The molecule has 16 heavy (non-hydrogen) atoms. The van der Waals surface area contributed by atoms with Crippen LogP contribution >= 0.6 is 0 Å². The van der Waals surface area contributed by atoms with Crippen molar-refractivity contribution >= 4 is 5.91 Å². The van der Waals surface area contributed by atoms with E-state index in [1.807, 2.05) is 0 Å². The van der Waals surface area contributed by atoms with Gasteiger partial charge in [-0.25, -0.2) is 0 Å². The van der Waals surface area contributed by atoms with Crippen molar-refractivity contribution in [3.05, 3.63) is 0 Å². The van der Waals surface area contributed by atoms with E-state index in [1.165, 1.54) is 12.8 Å². The molecule has 2 saturated carbocycles. The molecule has 3 nitrogen and oxygen atoms in total. The van der Waals surface area contributed by atoms with Crippen LogP contribution in [0.1, 0.15) is 51.9 Å². The van der Waals surface area contributed by atoms with Gasteiger partial charge in [0, 0.05) is 18.1 Å². The van der Waals surface area contributed by atoms with Crippen LogP contribution in [0, 0.1) is 5.41 Å². The highest BCUT2D eigenvalue weighted by Crippen LogP contribution is 2.56. The third-order valence-electron chi connectivity index (χ3n) is 5.16. The van der Waals surface area contributed by atoms with Crippen LogP contribution < -0.4 is 5.73 Å². The molecule has 0 radical (unpaired) electrons. The predicted octanol–water partition coefficient (Wildman–Crippen LogP) is 1.66. The van der Waals surface area contributed by atoms with E-state index in [1.54, 1.807) is 0 Å². The predicted molar refractivity (Wildman–Crippen MR) is 62.8 cm³/mol. The lowest BCUT2D eigenvalue weighted by Crippen LogP contribution is -2.43. The smallest absolute Gasteiger partial charge is 0.229 e. The normalized spacial score (nSPS) is 46.6. The van der Waals surface area contributed by atoms with Gasteiger partial charge in [0.1, 0.15) is 0 Å². The summed E-state index contributed by atoms with van der Waals surface area (Å²) < 4.78 is 0. The molecule has 90 valence electrons. The van der Waals surface area contributed by atoms with Crippen LogP contribution in [-0.4, -0.2) is 28.9 Å². The number of nitrogens with two attached hydrogens (primary N) is 1. The maximum atomic E-state index is 12.7. The summed E-state index contributed by atoms with van der Waals surface area (Å²) in [5, 5.41) is 0. The van der Waals surface area contributed by atoms with Gasteiger partial charge in [0.25, 0.3) is 0 Å². The fourth-order valence-electron chi connectivity index (χ4n) is 4.08. The average molecular weight is 222 g/mol. The Morgan fingerprint density at radius 3 is 2.44 bits per heavy atom. The van der Waals surface area contributed by atoms with Gasteiger partial charge in [-0.15, -0.1) is 0 Å². The van der Waals surface area contributed by atoms with Crippen molar-refractivity contribution in [2.75, 3.05) is 6.54 Å². The molecule has 3 rings (SSSR count). The zero-order valence-electron chi connectivity index (χ0n) is 10.2. The fourth-order valence-corrected chi connectivity index (χ4v) is 4.08. The maximum Gasteiger partial charge on any atom is 0.229 e. The molecule has 0 spiro atoms. The van der Waals surface area contributed by atoms with Crippen LogP contribution in [0.25, 0.3) is 0 Å². The summed E-state index contributed by atoms with van der Waals surface area (Å²) >= 11 is 0. The fraction of sp³-hybridized carbons (Fsp3) is 0.923. The maximum absolute atomic E-state index is 12.7. The lowest BCUT2D eigenvalue weighted by molar-refractivity contribution is -0.142. The van der Waals surface area contributed by atoms with Gasteiger partial charge in [-0.05, 0) is 51.9 Å². The Balaban J connectivity index is 1.81. The van der Waals surface area contributed by atoms with Crippen LogP contribution in [0.5, 0.6) is 0 Å². The first-order valence-electron chi connectivity index (χ1n) is 6.65.